The molecule has 3 atom stereocenters. The number of ether oxygens (including phenoxy) is 1. The van der Waals surface area contributed by atoms with E-state index in [1.807, 2.05) is 12.1 Å². The van der Waals surface area contributed by atoms with Crippen molar-refractivity contribution in [2.24, 2.45) is 0 Å². The number of anilines is 1. The van der Waals surface area contributed by atoms with Crippen molar-refractivity contribution in [3.63, 3.8) is 0 Å². The molecule has 2 bridgehead atoms. The quantitative estimate of drug-likeness (QED) is 0.642. The van der Waals surface area contributed by atoms with E-state index in [2.05, 4.69) is 40.1 Å². The van der Waals surface area contributed by atoms with E-state index < -0.39 is 0 Å². The van der Waals surface area contributed by atoms with Crippen LogP contribution in [-0.4, -0.2) is 41.5 Å². The monoisotopic (exact) mass is 405 g/mol. The third kappa shape index (κ3) is 2.51. The summed E-state index contributed by atoms with van der Waals surface area (Å²) in [6.07, 6.45) is 4.00. The molecule has 0 N–H and O–H groups in total. The maximum atomic E-state index is 13.5. The number of rotatable bonds is 2. The highest BCUT2D eigenvalue weighted by Crippen LogP contribution is 2.47. The second-order valence-electron chi connectivity index (χ2n) is 8.18. The fourth-order valence-corrected chi connectivity index (χ4v) is 6.52. The van der Waals surface area contributed by atoms with Gasteiger partial charge in [0.1, 0.15) is 11.8 Å². The largest absolute Gasteiger partial charge is 0.497 e. The van der Waals surface area contributed by atoms with Crippen LogP contribution in [0, 0.1) is 0 Å². The highest BCUT2D eigenvalue weighted by Gasteiger charge is 2.51. The van der Waals surface area contributed by atoms with Crippen molar-refractivity contribution in [3.8, 4) is 5.75 Å². The van der Waals surface area contributed by atoms with E-state index in [-0.39, 0.29) is 24.0 Å². The van der Waals surface area contributed by atoms with Gasteiger partial charge >= 0.3 is 0 Å². The van der Waals surface area contributed by atoms with E-state index in [4.69, 9.17) is 9.72 Å². The number of amides is 1. The number of benzene rings is 2. The number of carbonyl (C=O) groups excluding carboxylic acids is 1. The highest BCUT2D eigenvalue weighted by atomic mass is 32.1. The average Bonchev–Trinajstić information content (AvgIpc) is 3.20. The first-order valence-electron chi connectivity index (χ1n) is 10.4. The molecule has 2 fully saturated rings. The number of thiazole rings is 1. The summed E-state index contributed by atoms with van der Waals surface area (Å²) in [6, 6.07) is 14.9. The summed E-state index contributed by atoms with van der Waals surface area (Å²) in [5.74, 6) is 1.16. The first kappa shape index (κ1) is 17.3. The second kappa shape index (κ2) is 6.46. The zero-order valence-electron chi connectivity index (χ0n) is 16.4. The van der Waals surface area contributed by atoms with E-state index >= 15 is 0 Å². The van der Waals surface area contributed by atoms with Gasteiger partial charge in [-0.15, -0.1) is 0 Å². The van der Waals surface area contributed by atoms with Gasteiger partial charge in [-0.05, 0) is 61.1 Å². The maximum Gasteiger partial charge on any atom is 0.245 e. The van der Waals surface area contributed by atoms with Crippen molar-refractivity contribution in [1.29, 1.82) is 0 Å². The summed E-state index contributed by atoms with van der Waals surface area (Å²) in [4.78, 5) is 23.0. The predicted octanol–water partition coefficient (Wildman–Crippen LogP) is 4.17. The molecule has 3 aromatic rings. The van der Waals surface area contributed by atoms with E-state index in [9.17, 15) is 4.79 Å². The van der Waals surface area contributed by atoms with Crippen molar-refractivity contribution in [2.45, 2.75) is 43.8 Å². The Morgan fingerprint density at radius 2 is 2.07 bits per heavy atom. The third-order valence-corrected chi connectivity index (χ3v) is 7.78. The second-order valence-corrected chi connectivity index (χ2v) is 9.19. The number of aromatic nitrogens is 1. The Hall–Kier alpha value is -2.60. The fourth-order valence-electron chi connectivity index (χ4n) is 5.44. The molecule has 1 amide bonds. The number of carbonyl (C=O) groups is 1. The lowest BCUT2D eigenvalue weighted by molar-refractivity contribution is -0.141. The molecule has 29 heavy (non-hydrogen) atoms. The summed E-state index contributed by atoms with van der Waals surface area (Å²) >= 11 is 1.71. The minimum atomic E-state index is -0.0784. The number of hydrogen-bond donors (Lipinski definition) is 0. The lowest BCUT2D eigenvalue weighted by atomic mass is 9.79. The maximum absolute atomic E-state index is 13.5. The van der Waals surface area contributed by atoms with E-state index in [1.54, 1.807) is 18.4 Å². The lowest BCUT2D eigenvalue weighted by Gasteiger charge is -2.55. The fraction of sp³-hybridized carbons (Fsp3) is 0.391. The standard InChI is InChI=1S/C23H23N3O2S/c1-28-15-9-10-16-14(13-15)11-12-25-21(16)18-6-4-7-19(22(25)27)26(18)23-24-17-5-2-3-8-20(17)29-23/h2-3,5,8-10,13,18-19,21H,4,6-7,11-12H2,1H3. The molecule has 3 unspecified atom stereocenters. The molecule has 2 aromatic carbocycles. The Kier molecular flexibility index (Phi) is 3.85. The third-order valence-electron chi connectivity index (χ3n) is 6.73. The Labute approximate surface area is 173 Å². The minimum absolute atomic E-state index is 0.0784. The van der Waals surface area contributed by atoms with Crippen LogP contribution in [0.25, 0.3) is 10.2 Å². The molecule has 0 saturated carbocycles. The summed E-state index contributed by atoms with van der Waals surface area (Å²) in [5.41, 5.74) is 3.61. The number of fused-ring (bicyclic) bond motifs is 7. The van der Waals surface area contributed by atoms with Gasteiger partial charge < -0.3 is 14.5 Å². The SMILES string of the molecule is COc1ccc2c(c1)CCN1C(=O)C3CCCC(C21)N3c1nc2ccccc2s1. The highest BCUT2D eigenvalue weighted by molar-refractivity contribution is 7.22. The number of nitrogens with zero attached hydrogens (tertiary/aromatic N) is 3. The van der Waals surface area contributed by atoms with Crippen molar-refractivity contribution in [3.05, 3.63) is 53.6 Å². The number of piperidine rings is 1. The molecule has 148 valence electrons. The van der Waals surface area contributed by atoms with Gasteiger partial charge in [0, 0.05) is 6.54 Å². The molecule has 2 saturated heterocycles. The van der Waals surface area contributed by atoms with Crippen molar-refractivity contribution < 1.29 is 9.53 Å². The molecule has 0 spiro atoms. The van der Waals surface area contributed by atoms with Gasteiger partial charge in [-0.25, -0.2) is 4.98 Å². The number of piperazine rings is 1. The number of para-hydroxylation sites is 1. The summed E-state index contributed by atoms with van der Waals surface area (Å²) < 4.78 is 6.63. The van der Waals surface area contributed by atoms with Crippen LogP contribution in [0.2, 0.25) is 0 Å². The van der Waals surface area contributed by atoms with Gasteiger partial charge in [-0.2, -0.15) is 0 Å². The van der Waals surface area contributed by atoms with Crippen molar-refractivity contribution >= 4 is 32.6 Å². The zero-order valence-corrected chi connectivity index (χ0v) is 17.2. The molecule has 6 rings (SSSR count). The molecule has 3 aliphatic heterocycles. The molecule has 3 aliphatic rings. The van der Waals surface area contributed by atoms with Crippen LogP contribution in [0.4, 0.5) is 5.13 Å². The van der Waals surface area contributed by atoms with Crippen LogP contribution < -0.4 is 9.64 Å². The predicted molar refractivity (Wildman–Crippen MR) is 115 cm³/mol. The Bertz CT molecular complexity index is 1080. The Balaban J connectivity index is 1.48. The molecule has 0 aliphatic carbocycles. The molecule has 0 radical (unpaired) electrons. The molecule has 6 heteroatoms. The average molecular weight is 406 g/mol. The molecule has 1 aromatic heterocycles. The Morgan fingerprint density at radius 1 is 1.17 bits per heavy atom. The summed E-state index contributed by atoms with van der Waals surface area (Å²) in [7, 11) is 1.71. The van der Waals surface area contributed by atoms with Crippen molar-refractivity contribution in [2.75, 3.05) is 18.6 Å². The molecular weight excluding hydrogens is 382 g/mol. The van der Waals surface area contributed by atoms with Crippen LogP contribution in [0.1, 0.15) is 36.4 Å². The van der Waals surface area contributed by atoms with Gasteiger partial charge in [-0.1, -0.05) is 29.5 Å². The zero-order chi connectivity index (χ0) is 19.5. The van der Waals surface area contributed by atoms with Gasteiger partial charge in [0.25, 0.3) is 0 Å². The van der Waals surface area contributed by atoms with Gasteiger partial charge in [0.2, 0.25) is 5.91 Å². The number of hydrogen-bond acceptors (Lipinski definition) is 5. The van der Waals surface area contributed by atoms with Gasteiger partial charge in [0.15, 0.2) is 5.13 Å². The summed E-state index contributed by atoms with van der Waals surface area (Å²) in [6.45, 7) is 0.796. The summed E-state index contributed by atoms with van der Waals surface area (Å²) in [5, 5.41) is 0.995. The number of methoxy groups -OCH3 is 1. The molecule has 5 nitrogen and oxygen atoms in total. The normalized spacial score (nSPS) is 25.7. The van der Waals surface area contributed by atoms with Crippen LogP contribution in [0.5, 0.6) is 5.75 Å². The van der Waals surface area contributed by atoms with Crippen molar-refractivity contribution in [1.82, 2.24) is 9.88 Å². The Morgan fingerprint density at radius 3 is 2.93 bits per heavy atom. The smallest absolute Gasteiger partial charge is 0.245 e. The van der Waals surface area contributed by atoms with E-state index in [1.165, 1.54) is 15.8 Å². The van der Waals surface area contributed by atoms with Crippen LogP contribution in [0.3, 0.4) is 0 Å². The minimum Gasteiger partial charge on any atom is -0.497 e. The first-order chi connectivity index (χ1) is 14.2. The lowest BCUT2D eigenvalue weighted by Crippen LogP contribution is -2.66. The molecule has 4 heterocycles. The topological polar surface area (TPSA) is 45.7 Å². The van der Waals surface area contributed by atoms with Crippen LogP contribution in [-0.2, 0) is 11.2 Å². The van der Waals surface area contributed by atoms with E-state index in [0.717, 1.165) is 48.6 Å². The van der Waals surface area contributed by atoms with Crippen LogP contribution in [0.15, 0.2) is 42.5 Å². The van der Waals surface area contributed by atoms with Crippen LogP contribution >= 0.6 is 11.3 Å². The van der Waals surface area contributed by atoms with E-state index in [0.29, 0.717) is 0 Å². The van der Waals surface area contributed by atoms with Gasteiger partial charge in [0.05, 0.1) is 29.4 Å². The molecular formula is C23H23N3O2S. The first-order valence-corrected chi connectivity index (χ1v) is 11.2. The van der Waals surface area contributed by atoms with Gasteiger partial charge in [-0.3, -0.25) is 4.79 Å².